The third kappa shape index (κ3) is 3.23. The van der Waals surface area contributed by atoms with Crippen molar-refractivity contribution in [3.63, 3.8) is 0 Å². The summed E-state index contributed by atoms with van der Waals surface area (Å²) < 4.78 is 22.7. The largest absolute Gasteiger partial charge is 0.491 e. The van der Waals surface area contributed by atoms with Crippen molar-refractivity contribution in [1.82, 2.24) is 14.2 Å². The Bertz CT molecular complexity index is 1070. The lowest BCUT2D eigenvalue weighted by molar-refractivity contribution is 0.321. The molecule has 144 valence electrons. The van der Waals surface area contributed by atoms with Gasteiger partial charge in [0.2, 0.25) is 0 Å². The number of halogens is 2. The average Bonchev–Trinajstić information content (AvgIpc) is 2.97. The predicted molar refractivity (Wildman–Crippen MR) is 105 cm³/mol. The van der Waals surface area contributed by atoms with Crippen molar-refractivity contribution in [1.29, 1.82) is 0 Å². The second-order valence-corrected chi connectivity index (χ2v) is 7.10. The van der Waals surface area contributed by atoms with E-state index >= 15 is 0 Å². The van der Waals surface area contributed by atoms with Gasteiger partial charge in [0.15, 0.2) is 17.4 Å². The molecule has 3 rings (SSSR count). The second-order valence-electron chi connectivity index (χ2n) is 6.69. The number of hydrogen-bond acceptors (Lipinski definition) is 3. The molecule has 5 nitrogen and oxygen atoms in total. The highest BCUT2D eigenvalue weighted by molar-refractivity contribution is 6.33. The predicted octanol–water partition coefficient (Wildman–Crippen LogP) is 4.71. The van der Waals surface area contributed by atoms with Crippen molar-refractivity contribution >= 4 is 17.1 Å². The van der Waals surface area contributed by atoms with Crippen LogP contribution in [0.15, 0.2) is 23.0 Å². The second kappa shape index (κ2) is 7.35. The minimum Gasteiger partial charge on any atom is -0.491 e. The van der Waals surface area contributed by atoms with Crippen LogP contribution >= 0.6 is 11.6 Å². The average molecular weight is 392 g/mol. The molecule has 3 aromatic rings. The van der Waals surface area contributed by atoms with Gasteiger partial charge in [0.05, 0.1) is 11.6 Å². The van der Waals surface area contributed by atoms with Crippen LogP contribution in [0.3, 0.4) is 0 Å². The molecule has 1 atom stereocenters. The van der Waals surface area contributed by atoms with E-state index in [-0.39, 0.29) is 22.2 Å². The van der Waals surface area contributed by atoms with Crippen LogP contribution in [0.25, 0.3) is 16.9 Å². The van der Waals surface area contributed by atoms with Gasteiger partial charge in [-0.3, -0.25) is 9.36 Å². The van der Waals surface area contributed by atoms with E-state index in [0.717, 1.165) is 17.7 Å². The lowest BCUT2D eigenvalue weighted by Crippen LogP contribution is -2.24. The Hall–Kier alpha value is -2.34. The summed E-state index contributed by atoms with van der Waals surface area (Å²) in [6, 6.07) is 4.66. The number of fused-ring (bicyclic) bond motifs is 1. The Morgan fingerprint density at radius 1 is 1.30 bits per heavy atom. The van der Waals surface area contributed by atoms with E-state index in [1.54, 1.807) is 18.5 Å². The molecule has 1 aromatic carbocycles. The fraction of sp³-hybridized carbons (Fsp3) is 0.400. The van der Waals surface area contributed by atoms with Crippen LogP contribution < -0.4 is 10.3 Å². The quantitative estimate of drug-likeness (QED) is 0.632. The lowest BCUT2D eigenvalue weighted by atomic mass is 10.00. The highest BCUT2D eigenvalue weighted by Crippen LogP contribution is 2.33. The molecular weight excluding hydrogens is 369 g/mol. The van der Waals surface area contributed by atoms with Gasteiger partial charge in [-0.15, -0.1) is 5.10 Å². The Kier molecular flexibility index (Phi) is 5.29. The molecule has 7 heteroatoms. The summed E-state index contributed by atoms with van der Waals surface area (Å²) >= 11 is 6.35. The number of benzene rings is 1. The summed E-state index contributed by atoms with van der Waals surface area (Å²) in [5, 5.41) is 4.88. The number of ether oxygens (including phenoxy) is 1. The van der Waals surface area contributed by atoms with Crippen LogP contribution in [0.2, 0.25) is 5.02 Å². The fourth-order valence-electron chi connectivity index (χ4n) is 3.21. The molecule has 27 heavy (non-hydrogen) atoms. The summed E-state index contributed by atoms with van der Waals surface area (Å²) in [6.45, 7) is 8.16. The number of aromatic nitrogens is 3. The smallest absolute Gasteiger partial charge is 0.278 e. The Morgan fingerprint density at radius 3 is 2.63 bits per heavy atom. The van der Waals surface area contributed by atoms with E-state index in [2.05, 4.69) is 18.9 Å². The fourth-order valence-corrected chi connectivity index (χ4v) is 3.45. The maximum absolute atomic E-state index is 14.4. The number of rotatable bonds is 5. The van der Waals surface area contributed by atoms with Gasteiger partial charge in [-0.25, -0.2) is 8.91 Å². The first-order chi connectivity index (χ1) is 12.8. The molecule has 0 aliphatic rings. The third-order valence-electron chi connectivity index (χ3n) is 4.91. The van der Waals surface area contributed by atoms with Crippen LogP contribution in [0, 0.1) is 12.7 Å². The van der Waals surface area contributed by atoms with Gasteiger partial charge in [-0.05, 0) is 43.9 Å². The van der Waals surface area contributed by atoms with Crippen molar-refractivity contribution in [2.75, 3.05) is 6.61 Å². The zero-order valence-electron chi connectivity index (χ0n) is 16.1. The zero-order valence-corrected chi connectivity index (χ0v) is 16.9. The maximum atomic E-state index is 14.4. The molecule has 0 aliphatic heterocycles. The Labute approximate surface area is 162 Å². The minimum absolute atomic E-state index is 0.0773. The molecule has 0 bridgehead atoms. The summed E-state index contributed by atoms with van der Waals surface area (Å²) in [5.41, 5.74) is 2.53. The normalized spacial score (nSPS) is 12.6. The standard InChI is InChI=1S/C20H23ClFN3O2/c1-6-11(3)13-8-12(4)25-18(13)20(26)24(5)19(23-25)14-9-16(22)17(27-7-2)10-15(14)21/h8-11H,6-7H2,1-5H3. The van der Waals surface area contributed by atoms with E-state index in [1.807, 2.05) is 13.0 Å². The van der Waals surface area contributed by atoms with E-state index in [1.165, 1.54) is 16.7 Å². The van der Waals surface area contributed by atoms with Crippen LogP contribution in [0.5, 0.6) is 5.75 Å². The summed E-state index contributed by atoms with van der Waals surface area (Å²) in [7, 11) is 1.62. The van der Waals surface area contributed by atoms with Gasteiger partial charge < -0.3 is 4.74 Å². The summed E-state index contributed by atoms with van der Waals surface area (Å²) in [5.74, 6) is 0.0676. The van der Waals surface area contributed by atoms with E-state index < -0.39 is 5.82 Å². The third-order valence-corrected chi connectivity index (χ3v) is 5.22. The van der Waals surface area contributed by atoms with Gasteiger partial charge in [0, 0.05) is 24.4 Å². The monoisotopic (exact) mass is 391 g/mol. The van der Waals surface area contributed by atoms with Crippen molar-refractivity contribution in [2.24, 2.45) is 7.05 Å². The number of aryl methyl sites for hydroxylation is 1. The van der Waals surface area contributed by atoms with Crippen molar-refractivity contribution < 1.29 is 9.13 Å². The molecule has 0 fully saturated rings. The molecule has 0 amide bonds. The van der Waals surface area contributed by atoms with Crippen molar-refractivity contribution in [3.05, 3.63) is 50.7 Å². The first-order valence-electron chi connectivity index (χ1n) is 9.01. The first-order valence-corrected chi connectivity index (χ1v) is 9.39. The SMILES string of the molecule is CCOc1cc(Cl)c(-c2nn3c(C)cc(C(C)CC)c3c(=O)n2C)cc1F. The molecule has 1 unspecified atom stereocenters. The molecule has 2 heterocycles. The highest BCUT2D eigenvalue weighted by atomic mass is 35.5. The van der Waals surface area contributed by atoms with E-state index in [4.69, 9.17) is 16.3 Å². The van der Waals surface area contributed by atoms with E-state index in [9.17, 15) is 9.18 Å². The van der Waals surface area contributed by atoms with Crippen LogP contribution in [0.4, 0.5) is 4.39 Å². The zero-order chi connectivity index (χ0) is 19.9. The van der Waals surface area contributed by atoms with Crippen molar-refractivity contribution in [3.8, 4) is 17.1 Å². The van der Waals surface area contributed by atoms with Gasteiger partial charge in [0.1, 0.15) is 5.52 Å². The lowest BCUT2D eigenvalue weighted by Gasteiger charge is -2.13. The molecule has 0 aliphatic carbocycles. The minimum atomic E-state index is -0.546. The molecule has 0 radical (unpaired) electrons. The highest BCUT2D eigenvalue weighted by Gasteiger charge is 2.21. The van der Waals surface area contributed by atoms with Crippen LogP contribution in [0.1, 0.15) is 44.4 Å². The molecule has 0 N–H and O–H groups in total. The first kappa shape index (κ1) is 19.4. The van der Waals surface area contributed by atoms with Crippen LogP contribution in [-0.2, 0) is 7.05 Å². The molecule has 2 aromatic heterocycles. The van der Waals surface area contributed by atoms with Gasteiger partial charge in [-0.2, -0.15) is 0 Å². The Balaban J connectivity index is 2.29. The maximum Gasteiger partial charge on any atom is 0.278 e. The number of hydrogen-bond donors (Lipinski definition) is 0. The Morgan fingerprint density at radius 2 is 2.00 bits per heavy atom. The summed E-state index contributed by atoms with van der Waals surface area (Å²) in [6.07, 6.45) is 0.917. The molecule has 0 saturated heterocycles. The topological polar surface area (TPSA) is 48.5 Å². The van der Waals surface area contributed by atoms with Gasteiger partial charge in [-0.1, -0.05) is 25.4 Å². The molecule has 0 saturated carbocycles. The van der Waals surface area contributed by atoms with E-state index in [0.29, 0.717) is 23.5 Å². The summed E-state index contributed by atoms with van der Waals surface area (Å²) in [4.78, 5) is 13.1. The number of nitrogens with zero attached hydrogens (tertiary/aromatic N) is 3. The van der Waals surface area contributed by atoms with Gasteiger partial charge in [0.25, 0.3) is 5.56 Å². The van der Waals surface area contributed by atoms with Gasteiger partial charge >= 0.3 is 0 Å². The van der Waals surface area contributed by atoms with Crippen LogP contribution in [-0.4, -0.2) is 20.8 Å². The molecule has 0 spiro atoms. The molecular formula is C20H23ClFN3O2. The van der Waals surface area contributed by atoms with Crippen molar-refractivity contribution in [2.45, 2.75) is 40.0 Å².